The highest BCUT2D eigenvalue weighted by atomic mass is 16.6. The lowest BCUT2D eigenvalue weighted by Crippen LogP contribution is -2.16. The molecule has 1 aliphatic carbocycles. The molecule has 2 aliphatic heterocycles. The fraction of sp³-hybridized carbons (Fsp3) is 0.684. The quantitative estimate of drug-likeness (QED) is 0.169. The van der Waals surface area contributed by atoms with Gasteiger partial charge in [-0.3, -0.25) is 19.2 Å². The number of aliphatic hydroxyl groups excluding tert-OH is 1. The van der Waals surface area contributed by atoms with Crippen molar-refractivity contribution in [1.82, 2.24) is 0 Å². The van der Waals surface area contributed by atoms with Gasteiger partial charge in [0.25, 0.3) is 0 Å². The Hall–Kier alpha value is -2.48. The minimum absolute atomic E-state index is 0.0370. The Kier molecular flexibility index (Phi) is 27.6. The number of Topliss-reactive ketones (excluding diaryl/α,β-unsaturated/α-hetero) is 3. The molecule has 0 aromatic rings. The highest BCUT2D eigenvalue weighted by Crippen LogP contribution is 2.31. The molecule has 1 saturated carbocycles. The van der Waals surface area contributed by atoms with Crippen molar-refractivity contribution in [2.75, 3.05) is 0 Å². The molecule has 7 heteroatoms. The van der Waals surface area contributed by atoms with Gasteiger partial charge in [-0.15, -0.1) is 0 Å². The predicted octanol–water partition coefficient (Wildman–Crippen LogP) is 8.57. The Morgan fingerprint density at radius 2 is 1.13 bits per heavy atom. The van der Waals surface area contributed by atoms with Crippen molar-refractivity contribution >= 4 is 23.1 Å². The van der Waals surface area contributed by atoms with Crippen molar-refractivity contribution < 1.29 is 33.8 Å². The Labute approximate surface area is 274 Å². The third-order valence-corrected chi connectivity index (χ3v) is 7.12. The molecule has 0 amide bonds. The third kappa shape index (κ3) is 22.6. The first-order chi connectivity index (χ1) is 21.4. The summed E-state index contributed by atoms with van der Waals surface area (Å²) in [6, 6.07) is 0. The van der Waals surface area contributed by atoms with E-state index in [0.717, 1.165) is 81.8 Å². The molecule has 0 aromatic heterocycles. The summed E-state index contributed by atoms with van der Waals surface area (Å²) in [5.74, 6) is 0.853. The second-order valence-electron chi connectivity index (χ2n) is 11.4. The summed E-state index contributed by atoms with van der Waals surface area (Å²) in [5, 5.41) is 9.05. The predicted molar refractivity (Wildman–Crippen MR) is 185 cm³/mol. The first-order valence-electron chi connectivity index (χ1n) is 17.1. The summed E-state index contributed by atoms with van der Waals surface area (Å²) < 4.78 is 10.00. The molecule has 3 rings (SSSR count). The van der Waals surface area contributed by atoms with Gasteiger partial charge in [0.1, 0.15) is 18.0 Å². The van der Waals surface area contributed by atoms with Gasteiger partial charge in [-0.05, 0) is 110 Å². The number of carbonyl (C=O) groups excluding carboxylic acids is 4. The lowest BCUT2D eigenvalue weighted by atomic mass is 9.89. The van der Waals surface area contributed by atoms with Crippen LogP contribution in [0.1, 0.15) is 140 Å². The van der Waals surface area contributed by atoms with E-state index in [4.69, 9.17) is 14.6 Å². The van der Waals surface area contributed by atoms with Crippen LogP contribution in [-0.2, 0) is 28.7 Å². The van der Waals surface area contributed by atoms with Gasteiger partial charge in [0.2, 0.25) is 0 Å². The number of ether oxygens (including phenoxy) is 2. The van der Waals surface area contributed by atoms with Crippen molar-refractivity contribution in [2.45, 2.75) is 170 Å². The maximum Gasteiger partial charge on any atom is 0.195 e. The molecule has 2 saturated heterocycles. The van der Waals surface area contributed by atoms with Gasteiger partial charge < -0.3 is 14.6 Å². The van der Waals surface area contributed by atoms with Crippen LogP contribution in [0.15, 0.2) is 47.6 Å². The minimum Gasteiger partial charge on any atom is -0.393 e. The summed E-state index contributed by atoms with van der Waals surface area (Å²) in [5.41, 5.74) is 1.98. The highest BCUT2D eigenvalue weighted by Gasteiger charge is 2.52. The van der Waals surface area contributed by atoms with Crippen LogP contribution in [0.4, 0.5) is 0 Å². The topological polar surface area (TPSA) is 114 Å². The molecule has 0 spiro atoms. The molecule has 2 heterocycles. The number of hydrogen-bond acceptors (Lipinski definition) is 7. The molecule has 45 heavy (non-hydrogen) atoms. The average molecular weight is 633 g/mol. The van der Waals surface area contributed by atoms with E-state index in [1.165, 1.54) is 12.2 Å². The number of carbonyl (C=O) groups is 4. The number of allylic oxidation sites excluding steroid dienone is 8. The van der Waals surface area contributed by atoms with Crippen molar-refractivity contribution in [2.24, 2.45) is 0 Å². The molecule has 4 unspecified atom stereocenters. The fourth-order valence-corrected chi connectivity index (χ4v) is 4.46. The number of epoxide rings is 2. The third-order valence-electron chi connectivity index (χ3n) is 7.12. The molecule has 0 radical (unpaired) electrons. The van der Waals surface area contributed by atoms with E-state index in [-0.39, 0.29) is 47.9 Å². The van der Waals surface area contributed by atoms with Crippen LogP contribution in [-0.4, -0.2) is 58.8 Å². The molecule has 258 valence electrons. The maximum absolute atomic E-state index is 11.5. The fourth-order valence-electron chi connectivity index (χ4n) is 4.46. The maximum atomic E-state index is 11.5. The number of hydrogen-bond donors (Lipinski definition) is 1. The van der Waals surface area contributed by atoms with Crippen LogP contribution in [0.2, 0.25) is 0 Å². The van der Waals surface area contributed by atoms with Gasteiger partial charge >= 0.3 is 0 Å². The number of aliphatic hydroxyl groups is 1. The lowest BCUT2D eigenvalue weighted by molar-refractivity contribution is -0.121. The molecule has 0 bridgehead atoms. The Morgan fingerprint density at radius 3 is 1.40 bits per heavy atom. The summed E-state index contributed by atoms with van der Waals surface area (Å²) in [7, 11) is 0. The van der Waals surface area contributed by atoms with E-state index in [0.29, 0.717) is 5.78 Å². The van der Waals surface area contributed by atoms with Crippen molar-refractivity contribution in [1.29, 1.82) is 0 Å². The largest absolute Gasteiger partial charge is 0.393 e. The summed E-state index contributed by atoms with van der Waals surface area (Å²) in [6.07, 6.45) is 21.0. The van der Waals surface area contributed by atoms with E-state index in [9.17, 15) is 19.2 Å². The lowest BCUT2D eigenvalue weighted by Gasteiger charge is -2.14. The van der Waals surface area contributed by atoms with Crippen LogP contribution >= 0.6 is 0 Å². The Bertz CT molecular complexity index is 905. The standard InChI is InChI=1S/C10H14O.C7H10O3.C7H16O.C7H14O.C7H10O/c1-3-8-6-5-7-9(4-2)10(8)11;1-3-6(9-3)5(8)7-4(2)10-7;3*1-3-5-7(8)6-4-2/h3-4H,5-7H2,1-2H3;3-4,6-7H,1-2H3;7-8H,3-6H2,1-2H3;3-6H2,1-2H3;3-6H,1-2H3/b8-3+,9-4+;;;;. The summed E-state index contributed by atoms with van der Waals surface area (Å²) >= 11 is 0. The van der Waals surface area contributed by atoms with E-state index in [1.54, 1.807) is 12.2 Å². The first-order valence-corrected chi connectivity index (χ1v) is 17.1. The zero-order valence-corrected chi connectivity index (χ0v) is 30.0. The minimum atomic E-state index is -0.157. The zero-order chi connectivity index (χ0) is 34.8. The molecule has 3 fully saturated rings. The number of rotatable bonds is 12. The smallest absolute Gasteiger partial charge is 0.195 e. The summed E-state index contributed by atoms with van der Waals surface area (Å²) in [4.78, 5) is 43.7. The molecule has 3 aliphatic rings. The molecular formula is C38H64O7. The van der Waals surface area contributed by atoms with Crippen LogP contribution in [0.25, 0.3) is 0 Å². The van der Waals surface area contributed by atoms with E-state index >= 15 is 0 Å². The summed E-state index contributed by atoms with van der Waals surface area (Å²) in [6.45, 7) is 19.6. The van der Waals surface area contributed by atoms with Gasteiger partial charge in [0.15, 0.2) is 17.3 Å². The van der Waals surface area contributed by atoms with Crippen LogP contribution in [0.5, 0.6) is 0 Å². The van der Waals surface area contributed by atoms with Gasteiger partial charge in [-0.25, -0.2) is 0 Å². The Balaban J connectivity index is 0. The first kappa shape index (κ1) is 44.6. The van der Waals surface area contributed by atoms with Gasteiger partial charge in [-0.2, -0.15) is 0 Å². The normalized spacial score (nSPS) is 23.2. The van der Waals surface area contributed by atoms with Gasteiger partial charge in [-0.1, -0.05) is 64.8 Å². The monoisotopic (exact) mass is 632 g/mol. The second kappa shape index (κ2) is 27.8. The number of ketones is 4. The van der Waals surface area contributed by atoms with Crippen LogP contribution < -0.4 is 0 Å². The van der Waals surface area contributed by atoms with Crippen LogP contribution in [0.3, 0.4) is 0 Å². The van der Waals surface area contributed by atoms with Crippen molar-refractivity contribution in [3.05, 3.63) is 47.6 Å². The Morgan fingerprint density at radius 1 is 0.756 bits per heavy atom. The molecule has 1 N–H and O–H groups in total. The average Bonchev–Trinajstić information content (AvgIpc) is 3.92. The van der Waals surface area contributed by atoms with E-state index < -0.39 is 0 Å². The van der Waals surface area contributed by atoms with Crippen molar-refractivity contribution in [3.8, 4) is 0 Å². The van der Waals surface area contributed by atoms with Gasteiger partial charge in [0, 0.05) is 12.8 Å². The zero-order valence-electron chi connectivity index (χ0n) is 30.0. The van der Waals surface area contributed by atoms with Crippen LogP contribution in [0, 0.1) is 0 Å². The van der Waals surface area contributed by atoms with Crippen molar-refractivity contribution in [3.63, 3.8) is 0 Å². The SMILES string of the molecule is C/C=C1\CCC/C(=C\C)C1=O.CC1OC1C(=O)C1OC1C.CC=CC(=O)C=CC.CCCC(=O)CCC.CCCC(O)CCC. The van der Waals surface area contributed by atoms with E-state index in [1.807, 2.05) is 67.5 Å². The molecule has 7 nitrogen and oxygen atoms in total. The molecule has 4 atom stereocenters. The highest BCUT2D eigenvalue weighted by molar-refractivity contribution is 6.08. The van der Waals surface area contributed by atoms with E-state index in [2.05, 4.69) is 13.8 Å². The van der Waals surface area contributed by atoms with Gasteiger partial charge in [0.05, 0.1) is 18.3 Å². The molecular weight excluding hydrogens is 568 g/mol. The second-order valence-corrected chi connectivity index (χ2v) is 11.4. The molecule has 0 aromatic carbocycles.